The molecule has 17 heavy (non-hydrogen) atoms. The number of esters is 1. The first-order chi connectivity index (χ1) is 8.02. The van der Waals surface area contributed by atoms with E-state index in [1.807, 2.05) is 0 Å². The first-order valence-corrected chi connectivity index (χ1v) is 5.92. The number of hydrogen-bond acceptors (Lipinski definition) is 4. The highest BCUT2D eigenvalue weighted by atomic mass is 35.5. The molecule has 94 valence electrons. The fourth-order valence-electron chi connectivity index (χ4n) is 1.14. The second-order valence-corrected chi connectivity index (χ2v) is 4.27. The number of carbonyl (C=O) groups is 1. The summed E-state index contributed by atoms with van der Waals surface area (Å²) in [4.78, 5) is 11.3. The summed E-state index contributed by atoms with van der Waals surface area (Å²) in [6.07, 6.45) is 0. The molecule has 0 aliphatic carbocycles. The summed E-state index contributed by atoms with van der Waals surface area (Å²) in [5.41, 5.74) is 6.32. The van der Waals surface area contributed by atoms with Crippen molar-refractivity contribution in [1.82, 2.24) is 5.43 Å². The van der Waals surface area contributed by atoms with Crippen LogP contribution in [-0.2, 0) is 9.53 Å². The average molecular weight is 277 g/mol. The van der Waals surface area contributed by atoms with Crippen LogP contribution in [0.3, 0.4) is 0 Å². The minimum absolute atomic E-state index is 0.326. The summed E-state index contributed by atoms with van der Waals surface area (Å²) in [6, 6.07) is 4.55. The first kappa shape index (κ1) is 14.1. The number of hydrazine groups is 1. The Hall–Kier alpha value is -0.970. The molecule has 0 fully saturated rings. The Bertz CT molecular complexity index is 379. The number of benzene rings is 1. The van der Waals surface area contributed by atoms with Crippen molar-refractivity contribution in [2.24, 2.45) is 0 Å². The van der Waals surface area contributed by atoms with Gasteiger partial charge in [0, 0.05) is 10.0 Å². The molecule has 0 saturated heterocycles. The van der Waals surface area contributed by atoms with Crippen LogP contribution in [0.2, 0.25) is 10.0 Å². The van der Waals surface area contributed by atoms with Crippen molar-refractivity contribution in [3.63, 3.8) is 0 Å². The van der Waals surface area contributed by atoms with Crippen molar-refractivity contribution >= 4 is 34.9 Å². The van der Waals surface area contributed by atoms with Crippen molar-refractivity contribution in [2.45, 2.75) is 19.9 Å². The molecule has 0 aromatic heterocycles. The number of ether oxygens (including phenoxy) is 1. The van der Waals surface area contributed by atoms with Gasteiger partial charge in [-0.1, -0.05) is 23.2 Å². The SMILES string of the molecule is CCOC(=O)C(C)NNc1cc(Cl)cc(Cl)c1. The van der Waals surface area contributed by atoms with Crippen LogP contribution in [0.4, 0.5) is 5.69 Å². The van der Waals surface area contributed by atoms with E-state index in [9.17, 15) is 4.79 Å². The van der Waals surface area contributed by atoms with E-state index in [1.54, 1.807) is 32.0 Å². The average Bonchev–Trinajstić information content (AvgIpc) is 2.25. The fraction of sp³-hybridized carbons (Fsp3) is 0.364. The quantitative estimate of drug-likeness (QED) is 0.642. The monoisotopic (exact) mass is 276 g/mol. The molecular weight excluding hydrogens is 263 g/mol. The standard InChI is InChI=1S/C11H14Cl2N2O2/c1-3-17-11(16)7(2)14-15-10-5-8(12)4-9(13)6-10/h4-7,14-15H,3H2,1-2H3. The molecule has 6 heteroatoms. The Morgan fingerprint density at radius 2 is 1.94 bits per heavy atom. The van der Waals surface area contributed by atoms with E-state index in [2.05, 4.69) is 10.9 Å². The zero-order valence-electron chi connectivity index (χ0n) is 9.59. The van der Waals surface area contributed by atoms with Crippen LogP contribution >= 0.6 is 23.2 Å². The number of rotatable bonds is 5. The summed E-state index contributed by atoms with van der Waals surface area (Å²) in [5, 5.41) is 1.04. The maximum atomic E-state index is 11.3. The van der Waals surface area contributed by atoms with E-state index in [4.69, 9.17) is 27.9 Å². The molecule has 4 nitrogen and oxygen atoms in total. The van der Waals surface area contributed by atoms with Gasteiger partial charge < -0.3 is 10.2 Å². The van der Waals surface area contributed by atoms with Crippen molar-refractivity contribution in [1.29, 1.82) is 0 Å². The number of anilines is 1. The molecule has 0 bridgehead atoms. The van der Waals surface area contributed by atoms with Crippen LogP contribution in [0.1, 0.15) is 13.8 Å². The highest BCUT2D eigenvalue weighted by molar-refractivity contribution is 6.35. The van der Waals surface area contributed by atoms with Gasteiger partial charge in [-0.3, -0.25) is 4.79 Å². The van der Waals surface area contributed by atoms with Gasteiger partial charge in [-0.25, -0.2) is 5.43 Å². The Labute approximate surface area is 110 Å². The molecule has 0 aliphatic heterocycles. The summed E-state index contributed by atoms with van der Waals surface area (Å²) in [7, 11) is 0. The Kier molecular flexibility index (Phi) is 5.55. The van der Waals surface area contributed by atoms with E-state index in [1.165, 1.54) is 0 Å². The Morgan fingerprint density at radius 3 is 2.47 bits per heavy atom. The second-order valence-electron chi connectivity index (χ2n) is 3.40. The minimum Gasteiger partial charge on any atom is -0.465 e. The summed E-state index contributed by atoms with van der Waals surface area (Å²) in [5.74, 6) is -0.326. The van der Waals surface area contributed by atoms with Crippen LogP contribution in [0, 0.1) is 0 Å². The van der Waals surface area contributed by atoms with E-state index in [-0.39, 0.29) is 5.97 Å². The largest absolute Gasteiger partial charge is 0.465 e. The normalized spacial score (nSPS) is 12.0. The third-order valence-corrected chi connectivity index (χ3v) is 2.37. The second kappa shape index (κ2) is 6.69. The van der Waals surface area contributed by atoms with Gasteiger partial charge in [0.25, 0.3) is 0 Å². The molecule has 0 aliphatic rings. The Balaban J connectivity index is 2.52. The van der Waals surface area contributed by atoms with Crippen molar-refractivity contribution < 1.29 is 9.53 Å². The van der Waals surface area contributed by atoms with Crippen molar-refractivity contribution in [3.8, 4) is 0 Å². The topological polar surface area (TPSA) is 50.4 Å². The Morgan fingerprint density at radius 1 is 1.35 bits per heavy atom. The van der Waals surface area contributed by atoms with Crippen LogP contribution in [0.25, 0.3) is 0 Å². The number of carbonyl (C=O) groups excluding carboxylic acids is 1. The molecule has 1 rings (SSSR count). The summed E-state index contributed by atoms with van der Waals surface area (Å²) in [6.45, 7) is 3.81. The number of nitrogens with one attached hydrogen (secondary N) is 2. The van der Waals surface area contributed by atoms with Crippen molar-refractivity contribution in [3.05, 3.63) is 28.2 Å². The van der Waals surface area contributed by atoms with Gasteiger partial charge in [-0.15, -0.1) is 0 Å². The summed E-state index contributed by atoms with van der Waals surface area (Å²) < 4.78 is 4.85. The van der Waals surface area contributed by atoms with Gasteiger partial charge in [0.1, 0.15) is 6.04 Å². The van der Waals surface area contributed by atoms with Crippen LogP contribution < -0.4 is 10.9 Å². The fourth-order valence-corrected chi connectivity index (χ4v) is 1.67. The van der Waals surface area contributed by atoms with Gasteiger partial charge in [0.05, 0.1) is 12.3 Å². The zero-order chi connectivity index (χ0) is 12.8. The molecule has 0 amide bonds. The van der Waals surface area contributed by atoms with Crippen LogP contribution in [0.5, 0.6) is 0 Å². The highest BCUT2D eigenvalue weighted by Crippen LogP contribution is 2.21. The van der Waals surface area contributed by atoms with E-state index in [0.717, 1.165) is 0 Å². The minimum atomic E-state index is -0.465. The van der Waals surface area contributed by atoms with Gasteiger partial charge in [0.2, 0.25) is 0 Å². The lowest BCUT2D eigenvalue weighted by atomic mass is 10.3. The molecule has 1 aromatic rings. The lowest BCUT2D eigenvalue weighted by Gasteiger charge is -2.14. The molecule has 0 heterocycles. The third-order valence-electron chi connectivity index (χ3n) is 1.94. The zero-order valence-corrected chi connectivity index (χ0v) is 11.1. The van der Waals surface area contributed by atoms with Gasteiger partial charge in [-0.2, -0.15) is 0 Å². The number of halogens is 2. The number of hydrogen-bond donors (Lipinski definition) is 2. The molecule has 1 atom stereocenters. The van der Waals surface area contributed by atoms with E-state index in [0.29, 0.717) is 22.3 Å². The molecule has 0 saturated carbocycles. The molecule has 1 aromatic carbocycles. The predicted molar refractivity (Wildman–Crippen MR) is 69.3 cm³/mol. The van der Waals surface area contributed by atoms with Gasteiger partial charge >= 0.3 is 5.97 Å². The van der Waals surface area contributed by atoms with Crippen molar-refractivity contribution in [2.75, 3.05) is 12.0 Å². The maximum Gasteiger partial charge on any atom is 0.324 e. The molecule has 0 spiro atoms. The van der Waals surface area contributed by atoms with Crippen LogP contribution in [-0.4, -0.2) is 18.6 Å². The lowest BCUT2D eigenvalue weighted by Crippen LogP contribution is -2.39. The van der Waals surface area contributed by atoms with E-state index >= 15 is 0 Å². The van der Waals surface area contributed by atoms with Gasteiger partial charge in [0.15, 0.2) is 0 Å². The molecule has 2 N–H and O–H groups in total. The highest BCUT2D eigenvalue weighted by Gasteiger charge is 2.12. The van der Waals surface area contributed by atoms with Crippen LogP contribution in [0.15, 0.2) is 18.2 Å². The maximum absolute atomic E-state index is 11.3. The summed E-state index contributed by atoms with van der Waals surface area (Å²) >= 11 is 11.7. The predicted octanol–water partition coefficient (Wildman–Crippen LogP) is 2.86. The molecule has 0 radical (unpaired) electrons. The van der Waals surface area contributed by atoms with E-state index < -0.39 is 6.04 Å². The first-order valence-electron chi connectivity index (χ1n) is 5.17. The smallest absolute Gasteiger partial charge is 0.324 e. The van der Waals surface area contributed by atoms with Gasteiger partial charge in [-0.05, 0) is 32.0 Å². The molecule has 1 unspecified atom stereocenters. The molecular formula is C11H14Cl2N2O2. The third kappa shape index (κ3) is 4.81. The lowest BCUT2D eigenvalue weighted by molar-refractivity contribution is -0.144.